The first-order valence-electron chi connectivity index (χ1n) is 9.07. The standard InChI is InChI=1S/C19H25N5O3/c1-13-16(19(26)22-14(2)21-13)4-5-18(25)24-10-8-23(9-11-24)17-12-15(27-3)6-7-20-17/h6-7,12H,4-5,8-11H2,1-3H3,(H,21,22,26). The van der Waals surface area contributed by atoms with E-state index in [0.717, 1.165) is 24.7 Å². The van der Waals surface area contributed by atoms with Crippen LogP contribution in [0.5, 0.6) is 5.75 Å². The molecular weight excluding hydrogens is 346 g/mol. The summed E-state index contributed by atoms with van der Waals surface area (Å²) in [5.41, 5.74) is 1.13. The number of aromatic amines is 1. The fourth-order valence-corrected chi connectivity index (χ4v) is 3.32. The maximum atomic E-state index is 12.5. The van der Waals surface area contributed by atoms with Crippen molar-refractivity contribution >= 4 is 11.7 Å². The Morgan fingerprint density at radius 2 is 2.00 bits per heavy atom. The van der Waals surface area contributed by atoms with Crippen molar-refractivity contribution in [3.05, 3.63) is 45.8 Å². The predicted octanol–water partition coefficient (Wildman–Crippen LogP) is 1.07. The van der Waals surface area contributed by atoms with E-state index < -0.39 is 0 Å². The molecule has 27 heavy (non-hydrogen) atoms. The molecule has 0 aliphatic carbocycles. The van der Waals surface area contributed by atoms with Gasteiger partial charge < -0.3 is 19.5 Å². The monoisotopic (exact) mass is 371 g/mol. The Balaban J connectivity index is 1.55. The maximum Gasteiger partial charge on any atom is 0.254 e. The number of anilines is 1. The van der Waals surface area contributed by atoms with Crippen LogP contribution in [0, 0.1) is 13.8 Å². The number of carbonyl (C=O) groups is 1. The highest BCUT2D eigenvalue weighted by Gasteiger charge is 2.22. The van der Waals surface area contributed by atoms with Crippen LogP contribution < -0.4 is 15.2 Å². The Bertz CT molecular complexity index is 872. The lowest BCUT2D eigenvalue weighted by atomic mass is 10.1. The highest BCUT2D eigenvalue weighted by Crippen LogP contribution is 2.19. The molecule has 0 aromatic carbocycles. The van der Waals surface area contributed by atoms with Gasteiger partial charge in [0.2, 0.25) is 5.91 Å². The van der Waals surface area contributed by atoms with Gasteiger partial charge in [0.1, 0.15) is 17.4 Å². The van der Waals surface area contributed by atoms with Gasteiger partial charge in [-0.2, -0.15) is 0 Å². The normalized spacial score (nSPS) is 14.3. The lowest BCUT2D eigenvalue weighted by Gasteiger charge is -2.35. The largest absolute Gasteiger partial charge is 0.497 e. The van der Waals surface area contributed by atoms with Crippen LogP contribution in [0.3, 0.4) is 0 Å². The van der Waals surface area contributed by atoms with Gasteiger partial charge in [-0.3, -0.25) is 9.59 Å². The van der Waals surface area contributed by atoms with E-state index >= 15 is 0 Å². The second-order valence-corrected chi connectivity index (χ2v) is 6.64. The van der Waals surface area contributed by atoms with Gasteiger partial charge >= 0.3 is 0 Å². The van der Waals surface area contributed by atoms with Crippen molar-refractivity contribution < 1.29 is 9.53 Å². The number of hydrogen-bond donors (Lipinski definition) is 1. The molecule has 2 aromatic rings. The number of aryl methyl sites for hydroxylation is 2. The summed E-state index contributed by atoms with van der Waals surface area (Å²) in [4.78, 5) is 40.0. The molecule has 1 N–H and O–H groups in total. The van der Waals surface area contributed by atoms with Crippen LogP contribution in [0.4, 0.5) is 5.82 Å². The van der Waals surface area contributed by atoms with Crippen LogP contribution in [0.25, 0.3) is 0 Å². The molecule has 1 amide bonds. The first-order chi connectivity index (χ1) is 13.0. The Kier molecular flexibility index (Phi) is 5.73. The van der Waals surface area contributed by atoms with Crippen molar-refractivity contribution in [2.24, 2.45) is 0 Å². The van der Waals surface area contributed by atoms with Crippen molar-refractivity contribution in [2.75, 3.05) is 38.2 Å². The van der Waals surface area contributed by atoms with Crippen LogP contribution in [-0.4, -0.2) is 59.0 Å². The van der Waals surface area contributed by atoms with Crippen molar-refractivity contribution in [3.8, 4) is 5.75 Å². The number of piperazine rings is 1. The Morgan fingerprint density at radius 1 is 1.26 bits per heavy atom. The number of pyridine rings is 1. The molecule has 0 radical (unpaired) electrons. The molecule has 144 valence electrons. The van der Waals surface area contributed by atoms with Gasteiger partial charge in [0.05, 0.1) is 7.11 Å². The number of carbonyl (C=O) groups excluding carboxylic acids is 1. The fourth-order valence-electron chi connectivity index (χ4n) is 3.32. The Labute approximate surface area is 158 Å². The second-order valence-electron chi connectivity index (χ2n) is 6.64. The maximum absolute atomic E-state index is 12.5. The number of ether oxygens (including phenoxy) is 1. The molecule has 0 saturated carbocycles. The van der Waals surface area contributed by atoms with Gasteiger partial charge in [-0.15, -0.1) is 0 Å². The van der Waals surface area contributed by atoms with E-state index in [1.54, 1.807) is 20.2 Å². The Morgan fingerprint density at radius 3 is 2.67 bits per heavy atom. The van der Waals surface area contributed by atoms with Gasteiger partial charge in [0.25, 0.3) is 5.56 Å². The number of aromatic nitrogens is 3. The van der Waals surface area contributed by atoms with E-state index in [1.165, 1.54) is 0 Å². The molecule has 0 atom stereocenters. The van der Waals surface area contributed by atoms with Crippen LogP contribution in [0.2, 0.25) is 0 Å². The third-order valence-electron chi connectivity index (χ3n) is 4.84. The van der Waals surface area contributed by atoms with Gasteiger partial charge in [-0.1, -0.05) is 0 Å². The molecule has 0 spiro atoms. The molecule has 1 saturated heterocycles. The lowest BCUT2D eigenvalue weighted by molar-refractivity contribution is -0.131. The third kappa shape index (κ3) is 4.45. The summed E-state index contributed by atoms with van der Waals surface area (Å²) in [5.74, 6) is 2.28. The van der Waals surface area contributed by atoms with Gasteiger partial charge in [0, 0.05) is 56.1 Å². The summed E-state index contributed by atoms with van der Waals surface area (Å²) < 4.78 is 5.24. The van der Waals surface area contributed by atoms with E-state index in [9.17, 15) is 9.59 Å². The molecule has 1 aliphatic heterocycles. The molecule has 2 aromatic heterocycles. The van der Waals surface area contributed by atoms with E-state index in [-0.39, 0.29) is 11.5 Å². The molecule has 1 aliphatic rings. The van der Waals surface area contributed by atoms with E-state index in [0.29, 0.717) is 43.0 Å². The summed E-state index contributed by atoms with van der Waals surface area (Å²) in [7, 11) is 1.63. The number of amides is 1. The molecule has 3 heterocycles. The lowest BCUT2D eigenvalue weighted by Crippen LogP contribution is -2.49. The van der Waals surface area contributed by atoms with E-state index in [1.807, 2.05) is 24.0 Å². The molecule has 0 unspecified atom stereocenters. The second kappa shape index (κ2) is 8.20. The van der Waals surface area contributed by atoms with Crippen molar-refractivity contribution in [1.29, 1.82) is 0 Å². The number of rotatable bonds is 5. The van der Waals surface area contributed by atoms with Crippen molar-refractivity contribution in [2.45, 2.75) is 26.7 Å². The van der Waals surface area contributed by atoms with Crippen LogP contribution in [0.1, 0.15) is 23.5 Å². The van der Waals surface area contributed by atoms with Crippen LogP contribution in [0.15, 0.2) is 23.1 Å². The smallest absolute Gasteiger partial charge is 0.254 e. The zero-order chi connectivity index (χ0) is 19.4. The zero-order valence-corrected chi connectivity index (χ0v) is 16.0. The predicted molar refractivity (Wildman–Crippen MR) is 102 cm³/mol. The van der Waals surface area contributed by atoms with Crippen LogP contribution >= 0.6 is 0 Å². The minimum absolute atomic E-state index is 0.0626. The van der Waals surface area contributed by atoms with Gasteiger partial charge in [-0.25, -0.2) is 9.97 Å². The van der Waals surface area contributed by atoms with Gasteiger partial charge in [0.15, 0.2) is 0 Å². The van der Waals surface area contributed by atoms with Crippen LogP contribution in [-0.2, 0) is 11.2 Å². The summed E-state index contributed by atoms with van der Waals surface area (Å²) in [6, 6.07) is 3.71. The summed E-state index contributed by atoms with van der Waals surface area (Å²) in [6.07, 6.45) is 2.44. The molecule has 0 bridgehead atoms. The fraction of sp³-hybridized carbons (Fsp3) is 0.474. The van der Waals surface area contributed by atoms with E-state index in [2.05, 4.69) is 19.9 Å². The number of H-pyrrole nitrogens is 1. The highest BCUT2D eigenvalue weighted by molar-refractivity contribution is 5.76. The topological polar surface area (TPSA) is 91.4 Å². The van der Waals surface area contributed by atoms with Crippen molar-refractivity contribution in [3.63, 3.8) is 0 Å². The average Bonchev–Trinajstić information content (AvgIpc) is 2.67. The number of hydrogen-bond acceptors (Lipinski definition) is 6. The minimum atomic E-state index is -0.151. The summed E-state index contributed by atoms with van der Waals surface area (Å²) in [6.45, 7) is 6.27. The first-order valence-corrected chi connectivity index (χ1v) is 9.07. The summed E-state index contributed by atoms with van der Waals surface area (Å²) in [5, 5.41) is 0. The molecule has 1 fully saturated rings. The highest BCUT2D eigenvalue weighted by atomic mass is 16.5. The quantitative estimate of drug-likeness (QED) is 0.845. The SMILES string of the molecule is COc1ccnc(N2CCN(C(=O)CCc3c(C)nc(C)[nH]c3=O)CC2)c1. The molecule has 8 nitrogen and oxygen atoms in total. The number of methoxy groups -OCH3 is 1. The van der Waals surface area contributed by atoms with E-state index in [4.69, 9.17) is 4.74 Å². The molecular formula is C19H25N5O3. The Hall–Kier alpha value is -2.90. The van der Waals surface area contributed by atoms with Gasteiger partial charge in [-0.05, 0) is 26.3 Å². The first kappa shape index (κ1) is 18.9. The average molecular weight is 371 g/mol. The molecule has 8 heteroatoms. The summed E-state index contributed by atoms with van der Waals surface area (Å²) >= 11 is 0. The molecule has 3 rings (SSSR count). The zero-order valence-electron chi connectivity index (χ0n) is 16.0. The third-order valence-corrected chi connectivity index (χ3v) is 4.84. The number of nitrogens with zero attached hydrogens (tertiary/aromatic N) is 4. The van der Waals surface area contributed by atoms with Crippen molar-refractivity contribution in [1.82, 2.24) is 19.9 Å². The minimum Gasteiger partial charge on any atom is -0.497 e. The number of nitrogens with one attached hydrogen (secondary N) is 1.